The van der Waals surface area contributed by atoms with Crippen LogP contribution in [0.2, 0.25) is 0 Å². The molecule has 2 aliphatic rings. The van der Waals surface area contributed by atoms with Crippen LogP contribution in [-0.2, 0) is 23.0 Å². The molecule has 0 bridgehead atoms. The number of ether oxygens (including phenoxy) is 2. The fourth-order valence-corrected chi connectivity index (χ4v) is 6.42. The van der Waals surface area contributed by atoms with Crippen LogP contribution in [-0.4, -0.2) is 37.0 Å². The van der Waals surface area contributed by atoms with Gasteiger partial charge in [-0.25, -0.2) is 13.4 Å². The Hall–Kier alpha value is -3.73. The first-order valence-corrected chi connectivity index (χ1v) is 13.6. The van der Waals surface area contributed by atoms with Crippen molar-refractivity contribution in [2.24, 2.45) is 0 Å². The molecule has 2 aliphatic heterocycles. The second-order valence-electron chi connectivity index (χ2n) is 8.44. The summed E-state index contributed by atoms with van der Waals surface area (Å²) < 4.78 is 38.6. The molecule has 1 N–H and O–H groups in total. The number of amides is 1. The summed E-state index contributed by atoms with van der Waals surface area (Å²) >= 11 is 1.30. The fourth-order valence-electron chi connectivity index (χ4n) is 4.29. The number of aromatic nitrogens is 1. The summed E-state index contributed by atoms with van der Waals surface area (Å²) in [6.07, 6.45) is 0.679. The van der Waals surface area contributed by atoms with E-state index in [1.54, 1.807) is 0 Å². The molecule has 0 unspecified atom stereocenters. The van der Waals surface area contributed by atoms with E-state index >= 15 is 0 Å². The molecule has 1 amide bonds. The molecular weight excluding hydrogens is 498 g/mol. The summed E-state index contributed by atoms with van der Waals surface area (Å²) in [5.74, 6) is 0.991. The topological polar surface area (TPSA) is 97.8 Å². The Balaban J connectivity index is 1.14. The van der Waals surface area contributed by atoms with E-state index in [9.17, 15) is 13.2 Å². The van der Waals surface area contributed by atoms with Gasteiger partial charge in [0.15, 0.2) is 16.6 Å². The Morgan fingerprint density at radius 2 is 1.75 bits per heavy atom. The highest BCUT2D eigenvalue weighted by Crippen LogP contribution is 2.36. The van der Waals surface area contributed by atoms with Gasteiger partial charge in [0.25, 0.3) is 5.91 Å². The molecule has 0 atom stereocenters. The minimum Gasteiger partial charge on any atom is -0.454 e. The number of nitrogens with zero attached hydrogens (tertiary/aromatic N) is 2. The Bertz CT molecular complexity index is 1560. The predicted octanol–water partition coefficient (Wildman–Crippen LogP) is 4.54. The average molecular weight is 520 g/mol. The number of hydrogen-bond acceptors (Lipinski definition) is 7. The van der Waals surface area contributed by atoms with Gasteiger partial charge >= 0.3 is 0 Å². The number of anilines is 1. The van der Waals surface area contributed by atoms with Crippen LogP contribution in [0.1, 0.15) is 21.5 Å². The third-order valence-corrected chi connectivity index (χ3v) is 8.86. The SMILES string of the molecule is O=C(Nc1nc(-c2ccc3c(c2)OCO3)cs1)c1ccc(S(=O)(=O)N2CCc3ccccc3C2)cc1. The number of fused-ring (bicyclic) bond motifs is 2. The van der Waals surface area contributed by atoms with E-state index in [0.717, 1.165) is 11.1 Å². The van der Waals surface area contributed by atoms with Gasteiger partial charge in [-0.15, -0.1) is 11.3 Å². The number of nitrogens with one attached hydrogen (secondary N) is 1. The molecule has 0 radical (unpaired) electrons. The molecule has 0 fully saturated rings. The first kappa shape index (κ1) is 22.7. The lowest BCUT2D eigenvalue weighted by atomic mass is 10.0. The minimum absolute atomic E-state index is 0.165. The van der Waals surface area contributed by atoms with Crippen LogP contribution < -0.4 is 14.8 Å². The number of rotatable bonds is 5. The number of carbonyl (C=O) groups is 1. The zero-order chi connectivity index (χ0) is 24.7. The molecule has 4 aromatic rings. The summed E-state index contributed by atoms with van der Waals surface area (Å²) in [5, 5.41) is 5.07. The monoisotopic (exact) mass is 519 g/mol. The van der Waals surface area contributed by atoms with E-state index in [1.807, 2.05) is 47.8 Å². The van der Waals surface area contributed by atoms with Crippen molar-refractivity contribution in [3.63, 3.8) is 0 Å². The molecule has 3 aromatic carbocycles. The van der Waals surface area contributed by atoms with Gasteiger partial charge in [0.05, 0.1) is 10.6 Å². The maximum absolute atomic E-state index is 13.2. The Labute approximate surface area is 212 Å². The predicted molar refractivity (Wildman–Crippen MR) is 136 cm³/mol. The fraction of sp³-hybridized carbons (Fsp3) is 0.154. The van der Waals surface area contributed by atoms with E-state index < -0.39 is 10.0 Å². The molecule has 36 heavy (non-hydrogen) atoms. The number of benzene rings is 3. The van der Waals surface area contributed by atoms with E-state index in [-0.39, 0.29) is 17.6 Å². The van der Waals surface area contributed by atoms with Gasteiger partial charge in [-0.2, -0.15) is 4.31 Å². The van der Waals surface area contributed by atoms with Gasteiger partial charge in [0.2, 0.25) is 16.8 Å². The average Bonchev–Trinajstić information content (AvgIpc) is 3.57. The molecule has 6 rings (SSSR count). The minimum atomic E-state index is -3.67. The van der Waals surface area contributed by atoms with Crippen molar-refractivity contribution < 1.29 is 22.7 Å². The smallest absolute Gasteiger partial charge is 0.257 e. The first-order chi connectivity index (χ1) is 17.5. The largest absolute Gasteiger partial charge is 0.454 e. The van der Waals surface area contributed by atoms with E-state index in [2.05, 4.69) is 10.3 Å². The van der Waals surface area contributed by atoms with Crippen LogP contribution in [0.25, 0.3) is 11.3 Å². The van der Waals surface area contributed by atoms with Gasteiger partial charge in [0.1, 0.15) is 0 Å². The van der Waals surface area contributed by atoms with Gasteiger partial charge in [-0.1, -0.05) is 24.3 Å². The van der Waals surface area contributed by atoms with Gasteiger partial charge in [-0.3, -0.25) is 10.1 Å². The second kappa shape index (κ2) is 9.05. The maximum Gasteiger partial charge on any atom is 0.257 e. The van der Waals surface area contributed by atoms with Gasteiger partial charge in [0, 0.05) is 29.6 Å². The van der Waals surface area contributed by atoms with Crippen molar-refractivity contribution in [2.45, 2.75) is 17.9 Å². The Morgan fingerprint density at radius 3 is 2.58 bits per heavy atom. The van der Waals surface area contributed by atoms with Crippen molar-refractivity contribution in [1.82, 2.24) is 9.29 Å². The van der Waals surface area contributed by atoms with Crippen molar-refractivity contribution in [2.75, 3.05) is 18.7 Å². The summed E-state index contributed by atoms with van der Waals surface area (Å²) in [6, 6.07) is 19.4. The first-order valence-electron chi connectivity index (χ1n) is 11.3. The lowest BCUT2D eigenvalue weighted by Gasteiger charge is -2.28. The quantitative estimate of drug-likeness (QED) is 0.416. The molecule has 10 heteroatoms. The zero-order valence-electron chi connectivity index (χ0n) is 19.0. The highest BCUT2D eigenvalue weighted by Gasteiger charge is 2.28. The van der Waals surface area contributed by atoms with Crippen LogP contribution in [0.5, 0.6) is 11.5 Å². The van der Waals surface area contributed by atoms with Crippen molar-refractivity contribution in [3.8, 4) is 22.8 Å². The summed E-state index contributed by atoms with van der Waals surface area (Å²) in [7, 11) is -3.67. The highest BCUT2D eigenvalue weighted by atomic mass is 32.2. The molecule has 3 heterocycles. The zero-order valence-corrected chi connectivity index (χ0v) is 20.6. The molecule has 182 valence electrons. The number of sulfonamides is 1. The normalized spacial score (nSPS) is 14.9. The van der Waals surface area contributed by atoms with Gasteiger partial charge < -0.3 is 9.47 Å². The van der Waals surface area contributed by atoms with E-state index in [0.29, 0.717) is 47.4 Å². The van der Waals surface area contributed by atoms with Crippen molar-refractivity contribution in [3.05, 3.63) is 88.8 Å². The Morgan fingerprint density at radius 1 is 0.972 bits per heavy atom. The second-order valence-corrected chi connectivity index (χ2v) is 11.2. The third-order valence-electron chi connectivity index (χ3n) is 6.24. The molecule has 1 aromatic heterocycles. The Kier molecular flexibility index (Phi) is 5.71. The molecule has 0 saturated carbocycles. The van der Waals surface area contributed by atoms with Crippen LogP contribution in [0.4, 0.5) is 5.13 Å². The van der Waals surface area contributed by atoms with Crippen LogP contribution in [0.15, 0.2) is 77.0 Å². The molecular formula is C26H21N3O5S2. The summed E-state index contributed by atoms with van der Waals surface area (Å²) in [5.41, 5.74) is 4.11. The number of carbonyl (C=O) groups excluding carboxylic acids is 1. The lowest BCUT2D eigenvalue weighted by Crippen LogP contribution is -2.35. The van der Waals surface area contributed by atoms with E-state index in [1.165, 1.54) is 45.5 Å². The number of hydrogen-bond donors (Lipinski definition) is 1. The molecule has 8 nitrogen and oxygen atoms in total. The van der Waals surface area contributed by atoms with E-state index in [4.69, 9.17) is 9.47 Å². The van der Waals surface area contributed by atoms with Gasteiger partial charge in [-0.05, 0) is 60.0 Å². The summed E-state index contributed by atoms with van der Waals surface area (Å²) in [4.78, 5) is 17.4. The van der Waals surface area contributed by atoms with Crippen LogP contribution in [0, 0.1) is 0 Å². The van der Waals surface area contributed by atoms with Crippen molar-refractivity contribution >= 4 is 32.4 Å². The van der Waals surface area contributed by atoms with Crippen molar-refractivity contribution in [1.29, 1.82) is 0 Å². The van der Waals surface area contributed by atoms with Crippen LogP contribution >= 0.6 is 11.3 Å². The number of thiazole rings is 1. The molecule has 0 aliphatic carbocycles. The maximum atomic E-state index is 13.2. The highest BCUT2D eigenvalue weighted by molar-refractivity contribution is 7.89. The standard InChI is InChI=1S/C26H21N3O5S2/c30-25(28-26-27-22(15-35-26)19-7-10-23-24(13-19)34-16-33-23)18-5-8-21(9-6-18)36(31,32)29-12-11-17-3-1-2-4-20(17)14-29/h1-10,13,15H,11-12,14,16H2,(H,27,28,30). The third kappa shape index (κ3) is 4.23. The molecule has 0 spiro atoms. The molecule has 0 saturated heterocycles. The summed E-state index contributed by atoms with van der Waals surface area (Å²) in [6.45, 7) is 0.969. The lowest BCUT2D eigenvalue weighted by molar-refractivity contribution is 0.102. The van der Waals surface area contributed by atoms with Crippen LogP contribution in [0.3, 0.4) is 0 Å².